The molecule has 0 aromatic heterocycles. The first kappa shape index (κ1) is 21.6. The Labute approximate surface area is 161 Å². The molecule has 0 spiro atoms. The van der Waals surface area contributed by atoms with E-state index in [1.807, 2.05) is 13.8 Å². The van der Waals surface area contributed by atoms with E-state index in [1.165, 1.54) is 4.31 Å². The zero-order chi connectivity index (χ0) is 19.9. The first-order valence-electron chi connectivity index (χ1n) is 9.24. The van der Waals surface area contributed by atoms with Gasteiger partial charge >= 0.3 is 0 Å². The van der Waals surface area contributed by atoms with Crippen LogP contribution in [-0.4, -0.2) is 77.7 Å². The first-order valence-corrected chi connectivity index (χ1v) is 10.7. The number of sulfonamides is 1. The quantitative estimate of drug-likeness (QED) is 0.526. The molecule has 2 rings (SSSR count). The molecule has 1 aromatic carbocycles. The van der Waals surface area contributed by atoms with Gasteiger partial charge < -0.3 is 19.7 Å². The Balaban J connectivity index is 1.92. The van der Waals surface area contributed by atoms with Crippen molar-refractivity contribution in [2.45, 2.75) is 24.8 Å². The number of hydrogen-bond donors (Lipinski definition) is 2. The molecular formula is C18H30N3O5S+. The summed E-state index contributed by atoms with van der Waals surface area (Å²) in [4.78, 5) is 13.5. The number of benzene rings is 1. The molecule has 1 aliphatic rings. The first-order chi connectivity index (χ1) is 12.9. The Bertz CT molecular complexity index is 700. The number of piperazine rings is 1. The number of amides is 1. The van der Waals surface area contributed by atoms with Crippen LogP contribution in [0.25, 0.3) is 0 Å². The van der Waals surface area contributed by atoms with Crippen LogP contribution >= 0.6 is 0 Å². The smallest absolute Gasteiger partial charge is 0.278 e. The number of quaternary nitrogens is 1. The van der Waals surface area contributed by atoms with Crippen molar-refractivity contribution >= 4 is 15.9 Å². The SMILES string of the molecule is CCOc1ccc(S(=O)(=O)N2CC[NH+]([C@H](C)C(=O)NCCOC)CC2)cc1. The third-order valence-corrected chi connectivity index (χ3v) is 6.66. The summed E-state index contributed by atoms with van der Waals surface area (Å²) in [6, 6.07) is 6.27. The van der Waals surface area contributed by atoms with Gasteiger partial charge in [-0.25, -0.2) is 8.42 Å². The average Bonchev–Trinajstić information content (AvgIpc) is 2.68. The fourth-order valence-corrected chi connectivity index (χ4v) is 4.53. The van der Waals surface area contributed by atoms with Crippen molar-refractivity contribution in [3.8, 4) is 5.75 Å². The highest BCUT2D eigenvalue weighted by molar-refractivity contribution is 7.89. The van der Waals surface area contributed by atoms with Crippen molar-refractivity contribution < 1.29 is 27.6 Å². The van der Waals surface area contributed by atoms with Crippen molar-refractivity contribution in [2.75, 3.05) is 53.0 Å². The van der Waals surface area contributed by atoms with Crippen molar-refractivity contribution in [3.63, 3.8) is 0 Å². The molecule has 9 heteroatoms. The largest absolute Gasteiger partial charge is 0.494 e. The number of carbonyl (C=O) groups is 1. The van der Waals surface area contributed by atoms with E-state index in [4.69, 9.17) is 9.47 Å². The summed E-state index contributed by atoms with van der Waals surface area (Å²) in [6.45, 7) is 7.20. The van der Waals surface area contributed by atoms with Crippen LogP contribution < -0.4 is 15.0 Å². The van der Waals surface area contributed by atoms with Gasteiger partial charge in [0, 0.05) is 13.7 Å². The molecule has 0 bridgehead atoms. The molecular weight excluding hydrogens is 370 g/mol. The minimum atomic E-state index is -3.53. The summed E-state index contributed by atoms with van der Waals surface area (Å²) in [6.07, 6.45) is 0. The molecule has 1 aliphatic heterocycles. The number of nitrogens with one attached hydrogen (secondary N) is 2. The molecule has 1 heterocycles. The van der Waals surface area contributed by atoms with Gasteiger partial charge in [0.15, 0.2) is 6.04 Å². The van der Waals surface area contributed by atoms with Crippen LogP contribution in [-0.2, 0) is 19.6 Å². The van der Waals surface area contributed by atoms with Crippen LogP contribution in [0.4, 0.5) is 0 Å². The molecule has 27 heavy (non-hydrogen) atoms. The highest BCUT2D eigenvalue weighted by atomic mass is 32.2. The number of hydrogen-bond acceptors (Lipinski definition) is 5. The maximum atomic E-state index is 12.8. The molecule has 0 unspecified atom stereocenters. The molecule has 152 valence electrons. The van der Waals surface area contributed by atoms with Gasteiger partial charge in [0.1, 0.15) is 5.75 Å². The Kier molecular flexibility index (Phi) is 8.03. The van der Waals surface area contributed by atoms with Gasteiger partial charge in [-0.3, -0.25) is 4.79 Å². The second-order valence-corrected chi connectivity index (χ2v) is 8.41. The van der Waals surface area contributed by atoms with Crippen molar-refractivity contribution in [1.29, 1.82) is 0 Å². The summed E-state index contributed by atoms with van der Waals surface area (Å²) in [5, 5.41) is 2.84. The van der Waals surface area contributed by atoms with E-state index >= 15 is 0 Å². The Morgan fingerprint density at radius 1 is 1.26 bits per heavy atom. The highest BCUT2D eigenvalue weighted by Gasteiger charge is 2.34. The lowest BCUT2D eigenvalue weighted by Gasteiger charge is -2.34. The third kappa shape index (κ3) is 5.65. The molecule has 0 aliphatic carbocycles. The van der Waals surface area contributed by atoms with Gasteiger partial charge in [-0.15, -0.1) is 0 Å². The van der Waals surface area contributed by atoms with E-state index in [1.54, 1.807) is 31.4 Å². The van der Waals surface area contributed by atoms with Gasteiger partial charge in [0.2, 0.25) is 10.0 Å². The van der Waals surface area contributed by atoms with Gasteiger partial charge in [0.25, 0.3) is 5.91 Å². The predicted octanol–water partition coefficient (Wildman–Crippen LogP) is -0.874. The van der Waals surface area contributed by atoms with Crippen LogP contribution in [0.15, 0.2) is 29.2 Å². The standard InChI is InChI=1S/C18H29N3O5S/c1-4-26-16-5-7-17(8-6-16)27(23,24)21-12-10-20(11-13-21)15(2)18(22)19-9-14-25-3/h5-8,15H,4,9-14H2,1-3H3,(H,19,22)/p+1/t15-/m1/s1. The number of carbonyl (C=O) groups excluding carboxylic acids is 1. The van der Waals surface area contributed by atoms with E-state index in [0.717, 1.165) is 4.90 Å². The molecule has 8 nitrogen and oxygen atoms in total. The molecule has 1 atom stereocenters. The van der Waals surface area contributed by atoms with E-state index < -0.39 is 10.0 Å². The lowest BCUT2D eigenvalue weighted by Crippen LogP contribution is -3.19. The zero-order valence-corrected chi connectivity index (χ0v) is 17.0. The van der Waals surface area contributed by atoms with Crippen LogP contribution in [0.1, 0.15) is 13.8 Å². The summed E-state index contributed by atoms with van der Waals surface area (Å²) in [5.74, 6) is 0.615. The Morgan fingerprint density at radius 3 is 2.44 bits per heavy atom. The number of nitrogens with zero attached hydrogens (tertiary/aromatic N) is 1. The number of ether oxygens (including phenoxy) is 2. The van der Waals surface area contributed by atoms with Crippen molar-refractivity contribution in [2.24, 2.45) is 0 Å². The minimum Gasteiger partial charge on any atom is -0.494 e. The van der Waals surface area contributed by atoms with Gasteiger partial charge in [-0.1, -0.05) is 0 Å². The third-order valence-electron chi connectivity index (χ3n) is 4.75. The number of methoxy groups -OCH3 is 1. The average molecular weight is 401 g/mol. The second kappa shape index (κ2) is 10.0. The van der Waals surface area contributed by atoms with Crippen molar-refractivity contribution in [3.05, 3.63) is 24.3 Å². The maximum absolute atomic E-state index is 12.8. The molecule has 1 amide bonds. The van der Waals surface area contributed by atoms with E-state index in [-0.39, 0.29) is 16.8 Å². The van der Waals surface area contributed by atoms with Crippen LogP contribution in [0, 0.1) is 0 Å². The van der Waals surface area contributed by atoms with Gasteiger partial charge in [0.05, 0.1) is 44.3 Å². The normalized spacial score (nSPS) is 17.4. The minimum absolute atomic E-state index is 0.0372. The monoisotopic (exact) mass is 400 g/mol. The Morgan fingerprint density at radius 2 is 1.89 bits per heavy atom. The topological polar surface area (TPSA) is 89.4 Å². The van der Waals surface area contributed by atoms with Crippen molar-refractivity contribution in [1.82, 2.24) is 9.62 Å². The molecule has 0 radical (unpaired) electrons. The van der Waals surface area contributed by atoms with Crippen LogP contribution in [0.3, 0.4) is 0 Å². The van der Waals surface area contributed by atoms with Gasteiger partial charge in [-0.05, 0) is 38.1 Å². The van der Waals surface area contributed by atoms with E-state index in [9.17, 15) is 13.2 Å². The lowest BCUT2D eigenvalue weighted by atomic mass is 10.2. The molecule has 1 aromatic rings. The predicted molar refractivity (Wildman–Crippen MR) is 101 cm³/mol. The maximum Gasteiger partial charge on any atom is 0.278 e. The molecule has 1 saturated heterocycles. The second-order valence-electron chi connectivity index (χ2n) is 6.47. The summed E-state index contributed by atoms with van der Waals surface area (Å²) >= 11 is 0. The lowest BCUT2D eigenvalue weighted by molar-refractivity contribution is -0.917. The van der Waals surface area contributed by atoms with Gasteiger partial charge in [-0.2, -0.15) is 4.31 Å². The van der Waals surface area contributed by atoms with E-state index in [0.29, 0.717) is 51.7 Å². The fourth-order valence-electron chi connectivity index (χ4n) is 3.09. The highest BCUT2D eigenvalue weighted by Crippen LogP contribution is 2.19. The van der Waals surface area contributed by atoms with Crippen LogP contribution in [0.5, 0.6) is 5.75 Å². The number of rotatable bonds is 9. The Hall–Kier alpha value is -1.68. The summed E-state index contributed by atoms with van der Waals surface area (Å²) < 4.78 is 37.4. The molecule has 0 saturated carbocycles. The zero-order valence-electron chi connectivity index (χ0n) is 16.2. The molecule has 1 fully saturated rings. The fraction of sp³-hybridized carbons (Fsp3) is 0.611. The molecule has 2 N–H and O–H groups in total. The van der Waals surface area contributed by atoms with E-state index in [2.05, 4.69) is 5.32 Å². The van der Waals surface area contributed by atoms with Crippen LogP contribution in [0.2, 0.25) is 0 Å². The summed E-state index contributed by atoms with van der Waals surface area (Å²) in [7, 11) is -1.95. The summed E-state index contributed by atoms with van der Waals surface area (Å²) in [5.41, 5.74) is 0.